The number of hydrogen-bond acceptors (Lipinski definition) is 2. The second-order valence-electron chi connectivity index (χ2n) is 12.4. The van der Waals surface area contributed by atoms with E-state index in [0.717, 1.165) is 71.5 Å². The molecular weight excluding hydrogens is 607 g/mol. The lowest BCUT2D eigenvalue weighted by Crippen LogP contribution is -1.94. The van der Waals surface area contributed by atoms with Gasteiger partial charge in [-0.3, -0.25) is 0 Å². The number of thiophene rings is 1. The maximum absolute atomic E-state index is 7.58. The first-order chi connectivity index (χ1) is 23.7. The van der Waals surface area contributed by atoms with E-state index in [2.05, 4.69) is 129 Å². The third-order valence-electron chi connectivity index (χ3n) is 9.92. The molecule has 7 aromatic carbocycles. The summed E-state index contributed by atoms with van der Waals surface area (Å²) >= 11 is 1.83. The Labute approximate surface area is 277 Å². The molecule has 11 aromatic rings. The van der Waals surface area contributed by atoms with E-state index in [0.29, 0.717) is 5.69 Å². The Hall–Kier alpha value is -6.35. The Morgan fingerprint density at radius 1 is 0.479 bits per heavy atom. The van der Waals surface area contributed by atoms with Crippen molar-refractivity contribution in [3.8, 4) is 11.4 Å². The molecule has 0 aliphatic heterocycles. The second kappa shape index (κ2) is 9.36. The lowest BCUT2D eigenvalue weighted by molar-refractivity contribution is 0.673. The van der Waals surface area contributed by atoms with E-state index in [1.54, 1.807) is 0 Å². The van der Waals surface area contributed by atoms with E-state index in [4.69, 9.17) is 11.0 Å². The third-order valence-corrected chi connectivity index (χ3v) is 11.1. The molecule has 0 bridgehead atoms. The van der Waals surface area contributed by atoms with E-state index < -0.39 is 0 Å². The molecule has 4 aromatic heterocycles. The Balaban J connectivity index is 1.17. The number of fused-ring (bicyclic) bond motifs is 13. The highest BCUT2D eigenvalue weighted by atomic mass is 32.1. The molecule has 222 valence electrons. The molecule has 4 nitrogen and oxygen atoms in total. The first-order valence-electron chi connectivity index (χ1n) is 16.0. The minimum Gasteiger partial charge on any atom is -0.455 e. The van der Waals surface area contributed by atoms with Crippen LogP contribution in [0.25, 0.3) is 102 Å². The van der Waals surface area contributed by atoms with Crippen molar-refractivity contribution >= 4 is 103 Å². The van der Waals surface area contributed by atoms with E-state index in [9.17, 15) is 0 Å². The van der Waals surface area contributed by atoms with E-state index in [1.165, 1.54) is 25.6 Å². The molecule has 0 atom stereocenters. The van der Waals surface area contributed by atoms with Crippen LogP contribution in [-0.2, 0) is 0 Å². The van der Waals surface area contributed by atoms with E-state index in [1.807, 2.05) is 35.6 Å². The van der Waals surface area contributed by atoms with Crippen molar-refractivity contribution in [3.05, 3.63) is 151 Å². The summed E-state index contributed by atoms with van der Waals surface area (Å²) in [6, 6.07) is 49.5. The molecule has 0 aliphatic carbocycles. The molecule has 0 amide bonds. The molecule has 4 heterocycles. The maximum atomic E-state index is 7.58. The van der Waals surface area contributed by atoms with Gasteiger partial charge in [-0.2, -0.15) is 0 Å². The molecule has 5 heteroatoms. The summed E-state index contributed by atoms with van der Waals surface area (Å²) in [5.41, 5.74) is 9.26. The van der Waals surface area contributed by atoms with Gasteiger partial charge in [-0.25, -0.2) is 4.85 Å². The molecule has 11 rings (SSSR count). The van der Waals surface area contributed by atoms with Crippen LogP contribution in [0.4, 0.5) is 5.69 Å². The summed E-state index contributed by atoms with van der Waals surface area (Å²) in [4.78, 5) is 3.70. The molecule has 0 N–H and O–H groups in total. The van der Waals surface area contributed by atoms with Crippen molar-refractivity contribution in [1.82, 2.24) is 9.13 Å². The fraction of sp³-hybridized carbons (Fsp3) is 0. The van der Waals surface area contributed by atoms with Gasteiger partial charge in [-0.15, -0.1) is 11.3 Å². The first-order valence-corrected chi connectivity index (χ1v) is 16.8. The number of rotatable bonds is 2. The Bertz CT molecular complexity index is 3200. The predicted octanol–water partition coefficient (Wildman–Crippen LogP) is 12.7. The van der Waals surface area contributed by atoms with Gasteiger partial charge in [0.1, 0.15) is 11.2 Å². The van der Waals surface area contributed by atoms with Crippen LogP contribution in [0.2, 0.25) is 0 Å². The second-order valence-corrected chi connectivity index (χ2v) is 13.5. The van der Waals surface area contributed by atoms with Gasteiger partial charge in [-0.05, 0) is 84.2 Å². The van der Waals surface area contributed by atoms with Crippen LogP contribution in [0, 0.1) is 6.57 Å². The number of furan rings is 1. The number of hydrogen-bond donors (Lipinski definition) is 0. The summed E-state index contributed by atoms with van der Waals surface area (Å²) in [7, 11) is 0. The van der Waals surface area contributed by atoms with Gasteiger partial charge in [0.15, 0.2) is 5.69 Å². The van der Waals surface area contributed by atoms with Crippen molar-refractivity contribution in [1.29, 1.82) is 0 Å². The number of aromatic nitrogens is 2. The zero-order valence-electron chi connectivity index (χ0n) is 25.4. The zero-order valence-corrected chi connectivity index (χ0v) is 26.3. The van der Waals surface area contributed by atoms with Crippen molar-refractivity contribution in [2.24, 2.45) is 0 Å². The number of para-hydroxylation sites is 3. The summed E-state index contributed by atoms with van der Waals surface area (Å²) in [5.74, 6) is 0. The van der Waals surface area contributed by atoms with Crippen LogP contribution in [0.1, 0.15) is 0 Å². The quantitative estimate of drug-likeness (QED) is 0.175. The van der Waals surface area contributed by atoms with Crippen molar-refractivity contribution in [3.63, 3.8) is 0 Å². The molecular formula is C43H23N3OS. The van der Waals surface area contributed by atoms with Crippen molar-refractivity contribution < 1.29 is 4.42 Å². The average Bonchev–Trinajstić information content (AvgIpc) is 3.88. The minimum atomic E-state index is 0.656. The smallest absolute Gasteiger partial charge is 0.188 e. The van der Waals surface area contributed by atoms with Crippen LogP contribution in [0.3, 0.4) is 0 Å². The van der Waals surface area contributed by atoms with Gasteiger partial charge < -0.3 is 13.6 Å². The molecule has 48 heavy (non-hydrogen) atoms. The van der Waals surface area contributed by atoms with E-state index >= 15 is 0 Å². The van der Waals surface area contributed by atoms with E-state index in [-0.39, 0.29) is 0 Å². The lowest BCUT2D eigenvalue weighted by Gasteiger charge is -2.10. The molecule has 0 spiro atoms. The van der Waals surface area contributed by atoms with Crippen LogP contribution >= 0.6 is 11.3 Å². The highest BCUT2D eigenvalue weighted by Gasteiger charge is 2.20. The fourth-order valence-corrected chi connectivity index (χ4v) is 8.92. The summed E-state index contributed by atoms with van der Waals surface area (Å²) in [6.45, 7) is 7.58. The predicted molar refractivity (Wildman–Crippen MR) is 202 cm³/mol. The summed E-state index contributed by atoms with van der Waals surface area (Å²) in [5, 5.41) is 9.33. The normalized spacial score (nSPS) is 12.1. The van der Waals surface area contributed by atoms with Gasteiger partial charge in [-0.1, -0.05) is 60.7 Å². The first kappa shape index (κ1) is 25.8. The summed E-state index contributed by atoms with van der Waals surface area (Å²) < 4.78 is 13.8. The molecule has 0 saturated heterocycles. The summed E-state index contributed by atoms with van der Waals surface area (Å²) in [6.07, 6.45) is 0. The van der Waals surface area contributed by atoms with Crippen LogP contribution in [-0.4, -0.2) is 9.13 Å². The Morgan fingerprint density at radius 3 is 1.83 bits per heavy atom. The van der Waals surface area contributed by atoms with Crippen LogP contribution in [0.5, 0.6) is 0 Å². The maximum Gasteiger partial charge on any atom is 0.188 e. The fourth-order valence-electron chi connectivity index (χ4n) is 7.85. The highest BCUT2D eigenvalue weighted by molar-refractivity contribution is 7.25. The Kier molecular flexibility index (Phi) is 5.03. The van der Waals surface area contributed by atoms with Gasteiger partial charge >= 0.3 is 0 Å². The standard InChI is InChI=1S/C43H23N3OS/c1-44-25-14-18-37-32(22-25)28-8-2-5-11-35(28)45(37)26-15-20-40-33(23-26)34-24-27(16-21-41(34)48-40)46-36-12-6-3-10-31(36)42-38(46)19-17-30-29-9-4-7-13-39(29)47-43(30)42/h2-24H. The molecule has 0 unspecified atom stereocenters. The molecule has 0 fully saturated rings. The van der Waals surface area contributed by atoms with Gasteiger partial charge in [0, 0.05) is 53.1 Å². The monoisotopic (exact) mass is 629 g/mol. The van der Waals surface area contributed by atoms with Crippen LogP contribution < -0.4 is 0 Å². The van der Waals surface area contributed by atoms with Gasteiger partial charge in [0.25, 0.3) is 0 Å². The molecule has 0 saturated carbocycles. The topological polar surface area (TPSA) is 27.4 Å². The average molecular weight is 630 g/mol. The lowest BCUT2D eigenvalue weighted by atomic mass is 10.1. The highest BCUT2D eigenvalue weighted by Crippen LogP contribution is 2.43. The van der Waals surface area contributed by atoms with Gasteiger partial charge in [0.2, 0.25) is 0 Å². The molecule has 0 radical (unpaired) electrons. The van der Waals surface area contributed by atoms with Crippen molar-refractivity contribution in [2.75, 3.05) is 0 Å². The number of benzene rings is 7. The largest absolute Gasteiger partial charge is 0.455 e. The number of nitrogens with zero attached hydrogens (tertiary/aromatic N) is 3. The SMILES string of the molecule is [C-]#[N+]c1ccc2c(c1)c1ccccc1n2-c1ccc2sc3ccc(-n4c5ccccc5c5c6oc7ccccc7c6ccc54)cc3c2c1. The van der Waals surface area contributed by atoms with Gasteiger partial charge in [0.05, 0.1) is 34.0 Å². The van der Waals surface area contributed by atoms with Crippen LogP contribution in [0.15, 0.2) is 144 Å². The zero-order chi connectivity index (χ0) is 31.5. The Morgan fingerprint density at radius 2 is 1.08 bits per heavy atom. The van der Waals surface area contributed by atoms with Crippen molar-refractivity contribution in [2.45, 2.75) is 0 Å². The third kappa shape index (κ3) is 3.37. The molecule has 0 aliphatic rings. The minimum absolute atomic E-state index is 0.656.